The summed E-state index contributed by atoms with van der Waals surface area (Å²) in [7, 11) is -1.27. The predicted molar refractivity (Wildman–Crippen MR) is 114 cm³/mol. The number of nitrogens with zero attached hydrogens (tertiary/aromatic N) is 2. The number of hydrogen-bond donors (Lipinski definition) is 1. The van der Waals surface area contributed by atoms with E-state index in [0.717, 1.165) is 36.4 Å². The van der Waals surface area contributed by atoms with E-state index in [-0.39, 0.29) is 11.5 Å². The summed E-state index contributed by atoms with van der Waals surface area (Å²) in [6.45, 7) is 7.28. The second-order valence-electron chi connectivity index (χ2n) is 7.48. The Kier molecular flexibility index (Phi) is 8.61. The number of nitrogens with one attached hydrogen (secondary N) is 1. The normalized spacial score (nSPS) is 18.3. The first-order chi connectivity index (χ1) is 13.0. The SMILES string of the molecule is CCC(CC)C1CCN(C(=NC)NCCCS(=O)(=O)Cc2ccccc2)C1. The molecule has 0 amide bonds. The van der Waals surface area contributed by atoms with Crippen LogP contribution in [0.15, 0.2) is 35.3 Å². The Labute approximate surface area is 165 Å². The highest BCUT2D eigenvalue weighted by atomic mass is 32.2. The molecule has 0 bridgehead atoms. The maximum Gasteiger partial charge on any atom is 0.193 e. The fourth-order valence-corrected chi connectivity index (χ4v) is 5.47. The van der Waals surface area contributed by atoms with Crippen LogP contribution in [0.25, 0.3) is 0 Å². The van der Waals surface area contributed by atoms with Gasteiger partial charge in [-0.25, -0.2) is 8.42 Å². The molecular weight excluding hydrogens is 358 g/mol. The number of likely N-dealkylation sites (tertiary alicyclic amines) is 1. The van der Waals surface area contributed by atoms with Gasteiger partial charge < -0.3 is 10.2 Å². The molecule has 1 aliphatic rings. The highest BCUT2D eigenvalue weighted by Crippen LogP contribution is 2.28. The van der Waals surface area contributed by atoms with Crippen LogP contribution in [0.5, 0.6) is 0 Å². The molecule has 0 saturated carbocycles. The molecule has 1 N–H and O–H groups in total. The van der Waals surface area contributed by atoms with Crippen LogP contribution in [0.2, 0.25) is 0 Å². The van der Waals surface area contributed by atoms with Crippen LogP contribution in [0.1, 0.15) is 45.1 Å². The molecule has 1 aliphatic heterocycles. The first-order valence-corrected chi connectivity index (χ1v) is 12.0. The highest BCUT2D eigenvalue weighted by Gasteiger charge is 2.29. The molecule has 2 rings (SSSR count). The second-order valence-corrected chi connectivity index (χ2v) is 9.66. The first kappa shape index (κ1) is 21.7. The molecule has 0 spiro atoms. The summed E-state index contributed by atoms with van der Waals surface area (Å²) in [6.07, 6.45) is 4.29. The van der Waals surface area contributed by atoms with Gasteiger partial charge in [0.05, 0.1) is 11.5 Å². The minimum Gasteiger partial charge on any atom is -0.356 e. The van der Waals surface area contributed by atoms with Crippen molar-refractivity contribution in [1.29, 1.82) is 0 Å². The van der Waals surface area contributed by atoms with E-state index in [1.807, 2.05) is 30.3 Å². The summed E-state index contributed by atoms with van der Waals surface area (Å²) in [4.78, 5) is 6.72. The van der Waals surface area contributed by atoms with Gasteiger partial charge in [-0.1, -0.05) is 57.0 Å². The van der Waals surface area contributed by atoms with Crippen LogP contribution in [0.4, 0.5) is 0 Å². The van der Waals surface area contributed by atoms with Gasteiger partial charge in [-0.3, -0.25) is 4.99 Å². The van der Waals surface area contributed by atoms with Gasteiger partial charge in [0.25, 0.3) is 0 Å². The highest BCUT2D eigenvalue weighted by molar-refractivity contribution is 7.90. The average molecular weight is 394 g/mol. The lowest BCUT2D eigenvalue weighted by atomic mass is 9.87. The maximum absolute atomic E-state index is 12.3. The molecule has 0 aromatic heterocycles. The van der Waals surface area contributed by atoms with Crippen LogP contribution in [-0.4, -0.2) is 51.7 Å². The molecule has 1 saturated heterocycles. The molecule has 0 aliphatic carbocycles. The van der Waals surface area contributed by atoms with Gasteiger partial charge >= 0.3 is 0 Å². The van der Waals surface area contributed by atoms with Gasteiger partial charge in [0.1, 0.15) is 0 Å². The van der Waals surface area contributed by atoms with Crippen LogP contribution in [-0.2, 0) is 15.6 Å². The second kappa shape index (κ2) is 10.7. The van der Waals surface area contributed by atoms with E-state index in [0.29, 0.717) is 13.0 Å². The fourth-order valence-electron chi connectivity index (χ4n) is 4.04. The van der Waals surface area contributed by atoms with Crippen molar-refractivity contribution >= 4 is 15.8 Å². The zero-order chi connectivity index (χ0) is 19.7. The van der Waals surface area contributed by atoms with Crippen molar-refractivity contribution in [3.05, 3.63) is 35.9 Å². The summed E-state index contributed by atoms with van der Waals surface area (Å²) in [5, 5.41) is 3.35. The largest absolute Gasteiger partial charge is 0.356 e. The minimum atomic E-state index is -3.08. The monoisotopic (exact) mass is 393 g/mol. The third-order valence-corrected chi connectivity index (χ3v) is 7.28. The fraction of sp³-hybridized carbons (Fsp3) is 0.667. The van der Waals surface area contributed by atoms with Gasteiger partial charge in [0.15, 0.2) is 15.8 Å². The molecule has 6 heteroatoms. The summed E-state index contributed by atoms with van der Waals surface area (Å²) >= 11 is 0. The van der Waals surface area contributed by atoms with Gasteiger partial charge in [-0.05, 0) is 30.2 Å². The number of benzene rings is 1. The lowest BCUT2D eigenvalue weighted by molar-refractivity contribution is 0.319. The van der Waals surface area contributed by atoms with E-state index in [1.165, 1.54) is 19.3 Å². The van der Waals surface area contributed by atoms with E-state index in [4.69, 9.17) is 0 Å². The van der Waals surface area contributed by atoms with Crippen molar-refractivity contribution in [2.24, 2.45) is 16.8 Å². The molecule has 27 heavy (non-hydrogen) atoms. The zero-order valence-electron chi connectivity index (χ0n) is 17.0. The Morgan fingerprint density at radius 2 is 1.96 bits per heavy atom. The smallest absolute Gasteiger partial charge is 0.193 e. The molecule has 1 aromatic rings. The van der Waals surface area contributed by atoms with Crippen LogP contribution in [0.3, 0.4) is 0 Å². The number of hydrogen-bond acceptors (Lipinski definition) is 3. The van der Waals surface area contributed by atoms with E-state index in [1.54, 1.807) is 7.05 Å². The van der Waals surface area contributed by atoms with Gasteiger partial charge in [-0.2, -0.15) is 0 Å². The number of guanidine groups is 1. The van der Waals surface area contributed by atoms with Gasteiger partial charge in [0.2, 0.25) is 0 Å². The van der Waals surface area contributed by atoms with Gasteiger partial charge in [0, 0.05) is 26.7 Å². The zero-order valence-corrected chi connectivity index (χ0v) is 17.8. The molecule has 1 unspecified atom stereocenters. The molecule has 1 heterocycles. The van der Waals surface area contributed by atoms with E-state index in [2.05, 4.69) is 29.1 Å². The number of sulfone groups is 1. The lowest BCUT2D eigenvalue weighted by Crippen LogP contribution is -2.41. The van der Waals surface area contributed by atoms with Crippen molar-refractivity contribution in [2.75, 3.05) is 32.4 Å². The van der Waals surface area contributed by atoms with Crippen LogP contribution >= 0.6 is 0 Å². The Morgan fingerprint density at radius 1 is 1.26 bits per heavy atom. The summed E-state index contributed by atoms with van der Waals surface area (Å²) in [6, 6.07) is 9.38. The Morgan fingerprint density at radius 3 is 2.59 bits per heavy atom. The van der Waals surface area contributed by atoms with E-state index >= 15 is 0 Å². The quantitative estimate of drug-likeness (QED) is 0.397. The minimum absolute atomic E-state index is 0.117. The average Bonchev–Trinajstić information content (AvgIpc) is 3.13. The standard InChI is InChI=1S/C21H35N3O2S/c1-4-19(5-2)20-12-14-24(16-20)21(22-3)23-13-9-15-27(25,26)17-18-10-7-6-8-11-18/h6-8,10-11,19-20H,4-5,9,12-17H2,1-3H3,(H,22,23). The number of aliphatic imine (C=N–C) groups is 1. The maximum atomic E-state index is 12.3. The molecule has 1 fully saturated rings. The van der Waals surface area contributed by atoms with Crippen molar-refractivity contribution in [2.45, 2.75) is 45.3 Å². The summed E-state index contributed by atoms with van der Waals surface area (Å²) < 4.78 is 24.6. The first-order valence-electron chi connectivity index (χ1n) is 10.2. The Bertz CT molecular complexity index is 685. The molecule has 0 radical (unpaired) electrons. The Hall–Kier alpha value is -1.56. The molecular formula is C21H35N3O2S. The third-order valence-electron chi connectivity index (χ3n) is 5.60. The van der Waals surface area contributed by atoms with Crippen molar-refractivity contribution in [3.63, 3.8) is 0 Å². The molecule has 1 atom stereocenters. The van der Waals surface area contributed by atoms with Crippen LogP contribution in [0, 0.1) is 11.8 Å². The van der Waals surface area contributed by atoms with Crippen molar-refractivity contribution in [1.82, 2.24) is 10.2 Å². The van der Waals surface area contributed by atoms with Gasteiger partial charge in [-0.15, -0.1) is 0 Å². The Balaban J connectivity index is 1.75. The van der Waals surface area contributed by atoms with Crippen molar-refractivity contribution < 1.29 is 8.42 Å². The summed E-state index contributed by atoms with van der Waals surface area (Å²) in [5.41, 5.74) is 0.853. The van der Waals surface area contributed by atoms with E-state index < -0.39 is 9.84 Å². The molecule has 152 valence electrons. The van der Waals surface area contributed by atoms with Crippen molar-refractivity contribution in [3.8, 4) is 0 Å². The van der Waals surface area contributed by atoms with E-state index in [9.17, 15) is 8.42 Å². The van der Waals surface area contributed by atoms with Crippen LogP contribution < -0.4 is 5.32 Å². The number of rotatable bonds is 9. The molecule has 5 nitrogen and oxygen atoms in total. The predicted octanol–water partition coefficient (Wildman–Crippen LogP) is 3.33. The lowest BCUT2D eigenvalue weighted by Gasteiger charge is -2.24. The summed E-state index contributed by atoms with van der Waals surface area (Å²) in [5.74, 6) is 2.75. The topological polar surface area (TPSA) is 61.8 Å². The molecule has 1 aromatic carbocycles. The third kappa shape index (κ3) is 6.83.